The maximum Gasteiger partial charge on any atom is 0.257 e. The molecule has 0 unspecified atom stereocenters. The van der Waals surface area contributed by atoms with Gasteiger partial charge in [-0.3, -0.25) is 9.52 Å². The lowest BCUT2D eigenvalue weighted by Crippen LogP contribution is -2.17. The number of carbonyl (C=O) groups is 1. The molecule has 8 heteroatoms. The monoisotopic (exact) mass is 402 g/mol. The van der Waals surface area contributed by atoms with Gasteiger partial charge in [-0.1, -0.05) is 27.5 Å². The molecule has 0 fully saturated rings. The van der Waals surface area contributed by atoms with E-state index in [1.807, 2.05) is 0 Å². The number of anilines is 2. The van der Waals surface area contributed by atoms with Gasteiger partial charge in [0.2, 0.25) is 10.0 Å². The average Bonchev–Trinajstić information content (AvgIpc) is 2.42. The molecular formula is C14H12BrClN2O3S. The highest BCUT2D eigenvalue weighted by atomic mass is 79.9. The van der Waals surface area contributed by atoms with Crippen molar-refractivity contribution in [1.82, 2.24) is 0 Å². The Balaban J connectivity index is 2.31. The molecule has 0 aliphatic rings. The third-order valence-corrected chi connectivity index (χ3v) is 3.98. The Labute approximate surface area is 141 Å². The first kappa shape index (κ1) is 16.8. The molecular weight excluding hydrogens is 392 g/mol. The van der Waals surface area contributed by atoms with Crippen molar-refractivity contribution in [2.24, 2.45) is 0 Å². The summed E-state index contributed by atoms with van der Waals surface area (Å²) in [5, 5.41) is 3.02. The molecule has 0 heterocycles. The zero-order valence-electron chi connectivity index (χ0n) is 11.4. The fraction of sp³-hybridized carbons (Fsp3) is 0.0714. The number of halogens is 2. The van der Waals surface area contributed by atoms with Gasteiger partial charge >= 0.3 is 0 Å². The van der Waals surface area contributed by atoms with Gasteiger partial charge in [0, 0.05) is 15.2 Å². The number of hydrogen-bond acceptors (Lipinski definition) is 3. The number of sulfonamides is 1. The van der Waals surface area contributed by atoms with Crippen LogP contribution in [0.3, 0.4) is 0 Å². The maximum atomic E-state index is 12.3. The van der Waals surface area contributed by atoms with Crippen LogP contribution >= 0.6 is 27.5 Å². The molecule has 0 atom stereocenters. The minimum Gasteiger partial charge on any atom is -0.322 e. The zero-order valence-corrected chi connectivity index (χ0v) is 14.6. The first-order valence-electron chi connectivity index (χ1n) is 6.09. The summed E-state index contributed by atoms with van der Waals surface area (Å²) in [5.41, 5.74) is 0.890. The molecule has 22 heavy (non-hydrogen) atoms. The van der Waals surface area contributed by atoms with Crippen molar-refractivity contribution >= 4 is 54.8 Å². The smallest absolute Gasteiger partial charge is 0.257 e. The van der Waals surface area contributed by atoms with Crippen molar-refractivity contribution in [2.45, 2.75) is 0 Å². The van der Waals surface area contributed by atoms with Crippen LogP contribution in [0.4, 0.5) is 11.4 Å². The second kappa shape index (κ2) is 6.68. The van der Waals surface area contributed by atoms with Gasteiger partial charge in [0.15, 0.2) is 0 Å². The summed E-state index contributed by atoms with van der Waals surface area (Å²) < 4.78 is 25.9. The Kier molecular flexibility index (Phi) is 5.10. The fourth-order valence-corrected chi connectivity index (χ4v) is 2.74. The highest BCUT2D eigenvalue weighted by Crippen LogP contribution is 2.23. The van der Waals surface area contributed by atoms with Crippen LogP contribution < -0.4 is 10.0 Å². The van der Waals surface area contributed by atoms with Crippen LogP contribution in [0.5, 0.6) is 0 Å². The summed E-state index contributed by atoms with van der Waals surface area (Å²) in [6.45, 7) is 0. The van der Waals surface area contributed by atoms with Crippen LogP contribution in [0.1, 0.15) is 10.4 Å². The lowest BCUT2D eigenvalue weighted by Gasteiger charge is -2.11. The quantitative estimate of drug-likeness (QED) is 0.817. The Morgan fingerprint density at radius 3 is 2.36 bits per heavy atom. The Hall–Kier alpha value is -1.57. The molecule has 0 saturated carbocycles. The van der Waals surface area contributed by atoms with Crippen molar-refractivity contribution in [3.63, 3.8) is 0 Å². The second-order valence-electron chi connectivity index (χ2n) is 4.53. The van der Waals surface area contributed by atoms with Crippen molar-refractivity contribution < 1.29 is 13.2 Å². The van der Waals surface area contributed by atoms with E-state index in [0.29, 0.717) is 10.7 Å². The first-order chi connectivity index (χ1) is 10.2. The van der Waals surface area contributed by atoms with Gasteiger partial charge in [0.1, 0.15) is 0 Å². The number of hydrogen-bond donors (Lipinski definition) is 2. The summed E-state index contributed by atoms with van der Waals surface area (Å²) in [6, 6.07) is 11.4. The van der Waals surface area contributed by atoms with Gasteiger partial charge < -0.3 is 5.32 Å². The molecule has 0 aliphatic heterocycles. The van der Waals surface area contributed by atoms with E-state index < -0.39 is 15.9 Å². The zero-order chi connectivity index (χ0) is 16.3. The predicted octanol–water partition coefficient (Wildman–Crippen LogP) is 3.73. The summed E-state index contributed by atoms with van der Waals surface area (Å²) in [7, 11) is -3.50. The molecule has 1 amide bonds. The van der Waals surface area contributed by atoms with E-state index in [1.165, 1.54) is 18.2 Å². The number of carbonyl (C=O) groups excluding carboxylic acids is 1. The third-order valence-electron chi connectivity index (χ3n) is 2.62. The highest BCUT2D eigenvalue weighted by molar-refractivity contribution is 9.10. The van der Waals surface area contributed by atoms with Crippen molar-refractivity contribution in [3.05, 3.63) is 57.5 Å². The average molecular weight is 404 g/mol. The van der Waals surface area contributed by atoms with Crippen LogP contribution in [-0.2, 0) is 10.0 Å². The SMILES string of the molecule is CS(=O)(=O)Nc1ccc(Cl)cc1C(=O)Nc1ccc(Br)cc1. The van der Waals surface area contributed by atoms with Gasteiger partial charge in [-0.15, -0.1) is 0 Å². The lowest BCUT2D eigenvalue weighted by molar-refractivity contribution is 0.102. The summed E-state index contributed by atoms with van der Waals surface area (Å²) >= 11 is 9.20. The standard InChI is InChI=1S/C14H12BrClN2O3S/c1-22(20,21)18-13-7-4-10(16)8-12(13)14(19)17-11-5-2-9(15)3-6-11/h2-8,18H,1H3,(H,17,19). The van der Waals surface area contributed by atoms with Crippen molar-refractivity contribution in [1.29, 1.82) is 0 Å². The van der Waals surface area contributed by atoms with E-state index in [2.05, 4.69) is 26.0 Å². The van der Waals surface area contributed by atoms with Crippen LogP contribution in [0.2, 0.25) is 5.02 Å². The van der Waals surface area contributed by atoms with Crippen LogP contribution in [0, 0.1) is 0 Å². The van der Waals surface area contributed by atoms with Crippen molar-refractivity contribution in [3.8, 4) is 0 Å². The highest BCUT2D eigenvalue weighted by Gasteiger charge is 2.15. The van der Waals surface area contributed by atoms with Crippen LogP contribution in [-0.4, -0.2) is 20.6 Å². The molecule has 2 rings (SSSR count). The summed E-state index contributed by atoms with van der Waals surface area (Å²) in [6.07, 6.45) is 1.01. The lowest BCUT2D eigenvalue weighted by atomic mass is 10.1. The normalized spacial score (nSPS) is 11.0. The molecule has 2 aromatic rings. The summed E-state index contributed by atoms with van der Waals surface area (Å²) in [4.78, 5) is 12.3. The Morgan fingerprint density at radius 1 is 1.14 bits per heavy atom. The van der Waals surface area contributed by atoms with Gasteiger partial charge in [-0.05, 0) is 42.5 Å². The molecule has 0 bridgehead atoms. The largest absolute Gasteiger partial charge is 0.322 e. The molecule has 0 saturated heterocycles. The van der Waals surface area contributed by atoms with Gasteiger partial charge in [0.05, 0.1) is 17.5 Å². The van der Waals surface area contributed by atoms with E-state index in [0.717, 1.165) is 10.7 Å². The van der Waals surface area contributed by atoms with Crippen molar-refractivity contribution in [2.75, 3.05) is 16.3 Å². The Morgan fingerprint density at radius 2 is 1.77 bits per heavy atom. The molecule has 0 spiro atoms. The minimum atomic E-state index is -3.50. The van der Waals surface area contributed by atoms with E-state index in [-0.39, 0.29) is 11.3 Å². The molecule has 2 aromatic carbocycles. The molecule has 116 valence electrons. The van der Waals surface area contributed by atoms with E-state index in [1.54, 1.807) is 24.3 Å². The number of nitrogens with one attached hydrogen (secondary N) is 2. The van der Waals surface area contributed by atoms with Crippen LogP contribution in [0.15, 0.2) is 46.9 Å². The Bertz CT molecular complexity index is 807. The second-order valence-corrected chi connectivity index (χ2v) is 7.63. The number of rotatable bonds is 4. The third kappa shape index (κ3) is 4.72. The summed E-state index contributed by atoms with van der Waals surface area (Å²) in [5.74, 6) is -0.462. The number of amides is 1. The fourth-order valence-electron chi connectivity index (χ4n) is 1.72. The minimum absolute atomic E-state index is 0.140. The van der Waals surface area contributed by atoms with E-state index in [9.17, 15) is 13.2 Å². The van der Waals surface area contributed by atoms with Gasteiger partial charge in [0.25, 0.3) is 5.91 Å². The van der Waals surface area contributed by atoms with E-state index >= 15 is 0 Å². The van der Waals surface area contributed by atoms with Gasteiger partial charge in [-0.2, -0.15) is 0 Å². The topological polar surface area (TPSA) is 75.3 Å². The van der Waals surface area contributed by atoms with Gasteiger partial charge in [-0.25, -0.2) is 8.42 Å². The number of benzene rings is 2. The molecule has 0 aromatic heterocycles. The molecule has 5 nitrogen and oxygen atoms in total. The first-order valence-corrected chi connectivity index (χ1v) is 9.15. The van der Waals surface area contributed by atoms with Crippen LogP contribution in [0.25, 0.3) is 0 Å². The molecule has 0 radical (unpaired) electrons. The molecule has 0 aliphatic carbocycles. The van der Waals surface area contributed by atoms with E-state index in [4.69, 9.17) is 11.6 Å². The molecule has 2 N–H and O–H groups in total. The maximum absolute atomic E-state index is 12.3. The predicted molar refractivity (Wildman–Crippen MR) is 92.0 cm³/mol.